The van der Waals surface area contributed by atoms with Crippen molar-refractivity contribution < 1.29 is 46.4 Å². The van der Waals surface area contributed by atoms with Crippen LogP contribution < -0.4 is 0 Å². The molecular formula is C25H20ClF3O7. The van der Waals surface area contributed by atoms with Crippen LogP contribution in [0.4, 0.5) is 13.2 Å². The molecule has 0 N–H and O–H groups in total. The Kier molecular flexibility index (Phi) is 7.92. The maximum Gasteiger partial charge on any atom is 0.432 e. The first kappa shape index (κ1) is 27.0. The fraction of sp³-hybridized carbons (Fsp3) is 0.360. The van der Waals surface area contributed by atoms with E-state index in [2.05, 4.69) is 23.7 Å². The molecule has 1 aromatic carbocycles. The van der Waals surface area contributed by atoms with Crippen molar-refractivity contribution in [1.82, 2.24) is 0 Å². The fourth-order valence-corrected chi connectivity index (χ4v) is 4.06. The largest absolute Gasteiger partial charge is 0.454 e. The number of rotatable bonds is 5. The molecule has 0 radical (unpaired) electrons. The minimum Gasteiger partial charge on any atom is -0.454 e. The Hall–Kier alpha value is -3.60. The minimum absolute atomic E-state index is 0.101. The first-order valence-corrected chi connectivity index (χ1v) is 10.8. The summed E-state index contributed by atoms with van der Waals surface area (Å²) in [5.74, 6) is 5.31. The van der Waals surface area contributed by atoms with Crippen molar-refractivity contribution in [1.29, 1.82) is 0 Å². The fourth-order valence-electron chi connectivity index (χ4n) is 3.72. The van der Waals surface area contributed by atoms with Crippen molar-refractivity contribution in [3.05, 3.63) is 60.1 Å². The van der Waals surface area contributed by atoms with E-state index in [4.69, 9.17) is 35.3 Å². The van der Waals surface area contributed by atoms with Crippen molar-refractivity contribution in [3.63, 3.8) is 0 Å². The molecule has 2 heterocycles. The van der Waals surface area contributed by atoms with Gasteiger partial charge in [0.2, 0.25) is 12.2 Å². The summed E-state index contributed by atoms with van der Waals surface area (Å²) in [6.45, 7) is 2.68. The molecule has 0 amide bonds. The molecule has 1 aromatic rings. The Bertz CT molecular complexity index is 1190. The van der Waals surface area contributed by atoms with Gasteiger partial charge in [0, 0.05) is 25.7 Å². The zero-order chi connectivity index (χ0) is 26.6. The Morgan fingerprint density at radius 2 is 1.86 bits per heavy atom. The van der Waals surface area contributed by atoms with E-state index < -0.39 is 52.7 Å². The van der Waals surface area contributed by atoms with E-state index in [1.165, 1.54) is 30.4 Å². The third kappa shape index (κ3) is 4.75. The smallest absolute Gasteiger partial charge is 0.432 e. The number of halogens is 4. The molecule has 1 fully saturated rings. The monoisotopic (exact) mass is 524 g/mol. The van der Waals surface area contributed by atoms with Crippen LogP contribution in [0.2, 0.25) is 0 Å². The molecule has 190 valence electrons. The molecular weight excluding hydrogens is 505 g/mol. The SMILES string of the molecule is CC#CC#C/C=C1/O[C@@]2(OC=C[C@H]2OC(C)=O)[C@@H](OC(=O)[C@@](OC)(c2ccccc2)C(F)(F)F)[C@@H]1Cl. The van der Waals surface area contributed by atoms with Gasteiger partial charge in [-0.3, -0.25) is 4.79 Å². The number of alkyl halides is 4. The van der Waals surface area contributed by atoms with Gasteiger partial charge < -0.3 is 23.7 Å². The van der Waals surface area contributed by atoms with Gasteiger partial charge in [-0.15, -0.1) is 11.6 Å². The topological polar surface area (TPSA) is 80.3 Å². The van der Waals surface area contributed by atoms with Gasteiger partial charge in [-0.05, 0) is 24.8 Å². The number of carbonyl (C=O) groups excluding carboxylic acids is 2. The number of esters is 2. The third-order valence-corrected chi connectivity index (χ3v) is 5.73. The maximum atomic E-state index is 14.4. The average molecular weight is 525 g/mol. The quantitative estimate of drug-likeness (QED) is 0.330. The molecule has 2 aliphatic heterocycles. The van der Waals surface area contributed by atoms with Gasteiger partial charge in [-0.25, -0.2) is 4.79 Å². The second kappa shape index (κ2) is 10.6. The van der Waals surface area contributed by atoms with Gasteiger partial charge in [0.15, 0.2) is 0 Å². The van der Waals surface area contributed by atoms with Crippen LogP contribution in [0.15, 0.2) is 54.5 Å². The summed E-state index contributed by atoms with van der Waals surface area (Å²) in [6.07, 6.45) is -4.70. The minimum atomic E-state index is -5.23. The molecule has 0 saturated carbocycles. The Morgan fingerprint density at radius 1 is 1.17 bits per heavy atom. The van der Waals surface area contributed by atoms with E-state index in [1.54, 1.807) is 6.92 Å². The summed E-state index contributed by atoms with van der Waals surface area (Å²) >= 11 is 6.48. The molecule has 3 rings (SSSR count). The van der Waals surface area contributed by atoms with Gasteiger partial charge in [0.25, 0.3) is 5.60 Å². The number of carbonyl (C=O) groups is 2. The summed E-state index contributed by atoms with van der Waals surface area (Å²) in [6, 6.07) is 6.24. The van der Waals surface area contributed by atoms with Gasteiger partial charge in [0.1, 0.15) is 11.1 Å². The average Bonchev–Trinajstić information content (AvgIpc) is 3.33. The van der Waals surface area contributed by atoms with Crippen LogP contribution in [0, 0.1) is 23.7 Å². The summed E-state index contributed by atoms with van der Waals surface area (Å²) in [4.78, 5) is 25.0. The number of allylic oxidation sites excluding steroid dienone is 1. The Labute approximate surface area is 210 Å². The van der Waals surface area contributed by atoms with Gasteiger partial charge in [-0.1, -0.05) is 42.2 Å². The van der Waals surface area contributed by atoms with Crippen LogP contribution in [0.25, 0.3) is 0 Å². The van der Waals surface area contributed by atoms with E-state index in [1.807, 2.05) is 0 Å². The highest BCUT2D eigenvalue weighted by atomic mass is 35.5. The highest BCUT2D eigenvalue weighted by Crippen LogP contribution is 2.49. The summed E-state index contributed by atoms with van der Waals surface area (Å²) < 4.78 is 69.7. The summed E-state index contributed by atoms with van der Waals surface area (Å²) in [7, 11) is 0.728. The second-order valence-corrected chi connectivity index (χ2v) is 7.94. The van der Waals surface area contributed by atoms with E-state index in [0.29, 0.717) is 0 Å². The molecule has 11 heteroatoms. The first-order valence-electron chi connectivity index (χ1n) is 10.4. The molecule has 0 aliphatic carbocycles. The molecule has 7 nitrogen and oxygen atoms in total. The lowest BCUT2D eigenvalue weighted by Gasteiger charge is -2.37. The molecule has 1 spiro atoms. The molecule has 2 aliphatic rings. The van der Waals surface area contributed by atoms with Crippen molar-refractivity contribution in [2.75, 3.05) is 7.11 Å². The second-order valence-electron chi connectivity index (χ2n) is 7.47. The first-order chi connectivity index (χ1) is 17.0. The van der Waals surface area contributed by atoms with E-state index >= 15 is 0 Å². The van der Waals surface area contributed by atoms with Crippen LogP contribution in [0.5, 0.6) is 0 Å². The predicted molar refractivity (Wildman–Crippen MR) is 120 cm³/mol. The number of hydrogen-bond donors (Lipinski definition) is 0. The standard InChI is InChI=1S/C25H20ClF3O7/c1-4-5-6-10-13-18-20(26)21(24(36-18)19(14-15-33-24)34-16(2)30)35-22(31)23(32-3,25(27,28)29)17-11-8-7-9-12-17/h7-9,11-15,19-21H,1-3H3/b18-13+/t19-,20-,21+,23+,24-/m1/s1. The van der Waals surface area contributed by atoms with Gasteiger partial charge in [0.05, 0.1) is 6.26 Å². The predicted octanol–water partition coefficient (Wildman–Crippen LogP) is 3.72. The van der Waals surface area contributed by atoms with E-state index in [0.717, 1.165) is 32.4 Å². The van der Waals surface area contributed by atoms with Crippen LogP contribution in [-0.4, -0.2) is 48.6 Å². The summed E-state index contributed by atoms with van der Waals surface area (Å²) in [5, 5.41) is -1.38. The summed E-state index contributed by atoms with van der Waals surface area (Å²) in [5.41, 5.74) is -4.02. The number of benzene rings is 1. The van der Waals surface area contributed by atoms with Crippen molar-refractivity contribution in [2.24, 2.45) is 0 Å². The molecule has 0 bridgehead atoms. The molecule has 0 unspecified atom stereocenters. The number of ether oxygens (including phenoxy) is 5. The van der Waals surface area contributed by atoms with E-state index in [-0.39, 0.29) is 5.76 Å². The van der Waals surface area contributed by atoms with Crippen LogP contribution in [0.1, 0.15) is 19.4 Å². The Morgan fingerprint density at radius 3 is 2.44 bits per heavy atom. The van der Waals surface area contributed by atoms with Gasteiger partial charge in [-0.2, -0.15) is 13.2 Å². The highest BCUT2D eigenvalue weighted by Gasteiger charge is 2.69. The zero-order valence-corrected chi connectivity index (χ0v) is 20.0. The Balaban J connectivity index is 2.08. The normalized spacial score (nSPS) is 27.1. The molecule has 1 saturated heterocycles. The van der Waals surface area contributed by atoms with Crippen LogP contribution in [-0.2, 0) is 38.9 Å². The maximum absolute atomic E-state index is 14.4. The highest BCUT2D eigenvalue weighted by molar-refractivity contribution is 6.23. The van der Waals surface area contributed by atoms with Crippen LogP contribution in [0.3, 0.4) is 0 Å². The van der Waals surface area contributed by atoms with E-state index in [9.17, 15) is 22.8 Å². The molecule has 5 atom stereocenters. The lowest BCUT2D eigenvalue weighted by Crippen LogP contribution is -2.57. The lowest BCUT2D eigenvalue weighted by atomic mass is 9.92. The van der Waals surface area contributed by atoms with Crippen molar-refractivity contribution in [3.8, 4) is 23.7 Å². The van der Waals surface area contributed by atoms with Gasteiger partial charge >= 0.3 is 23.9 Å². The van der Waals surface area contributed by atoms with Crippen LogP contribution >= 0.6 is 11.6 Å². The molecule has 0 aromatic heterocycles. The zero-order valence-electron chi connectivity index (χ0n) is 19.2. The lowest BCUT2D eigenvalue weighted by molar-refractivity contribution is -0.289. The van der Waals surface area contributed by atoms with Crippen molar-refractivity contribution in [2.45, 2.75) is 49.0 Å². The number of methoxy groups -OCH3 is 1. The third-order valence-electron chi connectivity index (χ3n) is 5.29. The van der Waals surface area contributed by atoms with Crippen molar-refractivity contribution >= 4 is 23.5 Å². The molecule has 36 heavy (non-hydrogen) atoms. The number of hydrogen-bond acceptors (Lipinski definition) is 7.